The van der Waals surface area contributed by atoms with Gasteiger partial charge in [0.2, 0.25) is 11.8 Å². The maximum Gasteiger partial charge on any atom is 0.249 e. The molecule has 0 saturated carbocycles. The van der Waals surface area contributed by atoms with Crippen LogP contribution in [0.25, 0.3) is 11.3 Å². The van der Waals surface area contributed by atoms with Gasteiger partial charge < -0.3 is 20.1 Å². The smallest absolute Gasteiger partial charge is 0.249 e. The number of hydrogen-bond acceptors (Lipinski definition) is 5. The lowest BCUT2D eigenvalue weighted by atomic mass is 10.1. The average molecular weight is 406 g/mol. The third-order valence-electron chi connectivity index (χ3n) is 5.09. The van der Waals surface area contributed by atoms with Crippen molar-refractivity contribution in [2.45, 2.75) is 19.4 Å². The van der Waals surface area contributed by atoms with Crippen LogP contribution in [0.1, 0.15) is 18.0 Å². The molecule has 1 aliphatic rings. The van der Waals surface area contributed by atoms with Gasteiger partial charge in [0.25, 0.3) is 0 Å². The largest absolute Gasteiger partial charge is 0.497 e. The zero-order chi connectivity index (χ0) is 21.3. The van der Waals surface area contributed by atoms with Gasteiger partial charge in [-0.15, -0.1) is 0 Å². The topological polar surface area (TPSA) is 94.5 Å². The zero-order valence-corrected chi connectivity index (χ0v) is 16.9. The highest BCUT2D eigenvalue weighted by Crippen LogP contribution is 2.35. The second kappa shape index (κ2) is 7.90. The summed E-state index contributed by atoms with van der Waals surface area (Å²) >= 11 is 0. The maximum atomic E-state index is 13.2. The molecule has 2 amide bonds. The molecule has 2 heterocycles. The fourth-order valence-electron chi connectivity index (χ4n) is 3.54. The highest BCUT2D eigenvalue weighted by Gasteiger charge is 2.34. The van der Waals surface area contributed by atoms with Gasteiger partial charge in [-0.2, -0.15) is 5.10 Å². The van der Waals surface area contributed by atoms with Gasteiger partial charge in [-0.25, -0.2) is 4.68 Å². The van der Waals surface area contributed by atoms with Gasteiger partial charge >= 0.3 is 0 Å². The van der Waals surface area contributed by atoms with Crippen LogP contribution in [0.4, 0.5) is 11.5 Å². The minimum absolute atomic E-state index is 0.0134. The number of anilines is 2. The van der Waals surface area contributed by atoms with Crippen molar-refractivity contribution in [1.82, 2.24) is 9.78 Å². The lowest BCUT2D eigenvalue weighted by molar-refractivity contribution is -0.125. The molecular weight excluding hydrogens is 384 g/mol. The lowest BCUT2D eigenvalue weighted by Gasteiger charge is -2.24. The molecule has 0 aliphatic carbocycles. The van der Waals surface area contributed by atoms with E-state index in [1.54, 1.807) is 30.0 Å². The molecule has 1 aromatic heterocycles. The van der Waals surface area contributed by atoms with Crippen molar-refractivity contribution in [2.75, 3.05) is 24.9 Å². The first-order chi connectivity index (χ1) is 14.5. The van der Waals surface area contributed by atoms with Crippen LogP contribution in [0.5, 0.6) is 11.5 Å². The second-order valence-electron chi connectivity index (χ2n) is 6.96. The molecule has 154 valence electrons. The van der Waals surface area contributed by atoms with E-state index in [1.807, 2.05) is 37.3 Å². The Bertz CT molecular complexity index is 1110. The summed E-state index contributed by atoms with van der Waals surface area (Å²) in [6.07, 6.45) is -0.0134. The van der Waals surface area contributed by atoms with E-state index in [-0.39, 0.29) is 18.2 Å². The third-order valence-corrected chi connectivity index (χ3v) is 5.09. The number of benzene rings is 2. The van der Waals surface area contributed by atoms with Gasteiger partial charge in [0.05, 0.1) is 32.0 Å². The SMILES string of the molecule is COc1ccc(OC)c(NC(=O)[C@@H]2CC(=O)Nc3c(C)c(-c4ccccc4)nn32)c1. The Kier molecular flexibility index (Phi) is 5.14. The number of amides is 2. The fourth-order valence-corrected chi connectivity index (χ4v) is 3.54. The van der Waals surface area contributed by atoms with E-state index in [2.05, 4.69) is 15.7 Å². The molecule has 0 fully saturated rings. The number of nitrogens with zero attached hydrogens (tertiary/aromatic N) is 2. The van der Waals surface area contributed by atoms with E-state index in [4.69, 9.17) is 9.47 Å². The van der Waals surface area contributed by atoms with Gasteiger partial charge in [0.1, 0.15) is 23.4 Å². The van der Waals surface area contributed by atoms with Crippen molar-refractivity contribution in [3.05, 3.63) is 54.1 Å². The first-order valence-corrected chi connectivity index (χ1v) is 9.49. The molecule has 30 heavy (non-hydrogen) atoms. The summed E-state index contributed by atoms with van der Waals surface area (Å²) in [5, 5.41) is 10.4. The molecule has 3 aromatic rings. The Morgan fingerprint density at radius 1 is 1.17 bits per heavy atom. The van der Waals surface area contributed by atoms with Crippen LogP contribution >= 0.6 is 0 Å². The minimum Gasteiger partial charge on any atom is -0.497 e. The molecule has 8 heteroatoms. The van der Waals surface area contributed by atoms with Crippen LogP contribution < -0.4 is 20.1 Å². The van der Waals surface area contributed by atoms with Gasteiger partial charge in [-0.05, 0) is 19.1 Å². The molecule has 0 radical (unpaired) electrons. The number of rotatable bonds is 5. The number of hydrogen-bond donors (Lipinski definition) is 2. The Morgan fingerprint density at radius 2 is 1.93 bits per heavy atom. The Labute approximate surface area is 173 Å². The molecule has 1 aliphatic heterocycles. The van der Waals surface area contributed by atoms with Crippen molar-refractivity contribution in [3.63, 3.8) is 0 Å². The summed E-state index contributed by atoms with van der Waals surface area (Å²) in [5.74, 6) is 1.01. The predicted octanol–water partition coefficient (Wildman–Crippen LogP) is 3.40. The first-order valence-electron chi connectivity index (χ1n) is 9.49. The Hall–Kier alpha value is -3.81. The van der Waals surface area contributed by atoms with Crippen molar-refractivity contribution in [1.29, 1.82) is 0 Å². The molecule has 8 nitrogen and oxygen atoms in total. The summed E-state index contributed by atoms with van der Waals surface area (Å²) in [5.41, 5.74) is 2.91. The van der Waals surface area contributed by atoms with Crippen LogP contribution in [0.3, 0.4) is 0 Å². The van der Waals surface area contributed by atoms with E-state index in [1.165, 1.54) is 7.11 Å². The van der Waals surface area contributed by atoms with Crippen LogP contribution in [0.2, 0.25) is 0 Å². The Morgan fingerprint density at radius 3 is 2.63 bits per heavy atom. The number of carbonyl (C=O) groups excluding carboxylic acids is 2. The van der Waals surface area contributed by atoms with Crippen LogP contribution in [0.15, 0.2) is 48.5 Å². The highest BCUT2D eigenvalue weighted by molar-refractivity contribution is 6.02. The van der Waals surface area contributed by atoms with E-state index in [9.17, 15) is 9.59 Å². The number of fused-ring (bicyclic) bond motifs is 1. The van der Waals surface area contributed by atoms with Gasteiger partial charge in [0, 0.05) is 17.2 Å². The number of methoxy groups -OCH3 is 2. The summed E-state index contributed by atoms with van der Waals surface area (Å²) in [4.78, 5) is 25.5. The molecule has 2 N–H and O–H groups in total. The number of nitrogens with one attached hydrogen (secondary N) is 2. The molecule has 1 atom stereocenters. The van der Waals surface area contributed by atoms with E-state index in [0.29, 0.717) is 23.0 Å². The molecule has 0 bridgehead atoms. The average Bonchev–Trinajstić information content (AvgIpc) is 3.10. The molecular formula is C22H22N4O4. The maximum absolute atomic E-state index is 13.2. The minimum atomic E-state index is -0.791. The number of carbonyl (C=O) groups is 2. The molecule has 4 rings (SSSR count). The fraction of sp³-hybridized carbons (Fsp3) is 0.227. The van der Waals surface area contributed by atoms with Gasteiger partial charge in [0.15, 0.2) is 0 Å². The molecule has 2 aromatic carbocycles. The number of ether oxygens (including phenoxy) is 2. The quantitative estimate of drug-likeness (QED) is 0.677. The lowest BCUT2D eigenvalue weighted by Crippen LogP contribution is -2.36. The normalized spacial score (nSPS) is 15.2. The molecule has 0 saturated heterocycles. The third kappa shape index (κ3) is 3.47. The molecule has 0 unspecified atom stereocenters. The summed E-state index contributed by atoms with van der Waals surface area (Å²) in [6, 6.07) is 14.0. The summed E-state index contributed by atoms with van der Waals surface area (Å²) in [7, 11) is 3.06. The first kappa shape index (κ1) is 19.5. The van der Waals surface area contributed by atoms with Crippen molar-refractivity contribution in [3.8, 4) is 22.8 Å². The standard InChI is InChI=1S/C22H22N4O4/c1-13-20(14-7-5-4-6-8-14)25-26-17(12-19(27)24-21(13)26)22(28)23-16-11-15(29-2)9-10-18(16)30-3/h4-11,17H,12H2,1-3H3,(H,23,28)(H,24,27)/t17-/m0/s1. The van der Waals surface area contributed by atoms with Crippen LogP contribution in [-0.2, 0) is 9.59 Å². The zero-order valence-electron chi connectivity index (χ0n) is 16.9. The van der Waals surface area contributed by atoms with Gasteiger partial charge in [-0.1, -0.05) is 30.3 Å². The van der Waals surface area contributed by atoms with Crippen molar-refractivity contribution >= 4 is 23.3 Å². The predicted molar refractivity (Wildman–Crippen MR) is 113 cm³/mol. The second-order valence-corrected chi connectivity index (χ2v) is 6.96. The van der Waals surface area contributed by atoms with Crippen molar-refractivity contribution in [2.24, 2.45) is 0 Å². The van der Waals surface area contributed by atoms with Crippen LogP contribution in [0, 0.1) is 6.92 Å². The summed E-state index contributed by atoms with van der Waals surface area (Å²) < 4.78 is 12.2. The number of aromatic nitrogens is 2. The van der Waals surface area contributed by atoms with E-state index >= 15 is 0 Å². The Balaban J connectivity index is 1.70. The van der Waals surface area contributed by atoms with E-state index in [0.717, 1.165) is 16.8 Å². The highest BCUT2D eigenvalue weighted by atomic mass is 16.5. The van der Waals surface area contributed by atoms with E-state index < -0.39 is 6.04 Å². The van der Waals surface area contributed by atoms with Crippen molar-refractivity contribution < 1.29 is 19.1 Å². The molecule has 0 spiro atoms. The summed E-state index contributed by atoms with van der Waals surface area (Å²) in [6.45, 7) is 1.88. The van der Waals surface area contributed by atoms with Gasteiger partial charge in [-0.3, -0.25) is 9.59 Å². The monoisotopic (exact) mass is 406 g/mol. The van der Waals surface area contributed by atoms with Crippen LogP contribution in [-0.4, -0.2) is 35.8 Å².